The minimum absolute atomic E-state index is 0.111. The number of benzene rings is 1. The van der Waals surface area contributed by atoms with Crippen molar-refractivity contribution in [2.75, 3.05) is 37.9 Å². The number of amides is 1. The number of fused-ring (bicyclic) bond motifs is 1. The molecule has 1 fully saturated rings. The molecule has 0 spiro atoms. The molecule has 148 valence electrons. The molecule has 1 amide bonds. The average molecular weight is 393 g/mol. The van der Waals surface area contributed by atoms with Gasteiger partial charge in [0, 0.05) is 37.9 Å². The third-order valence-corrected chi connectivity index (χ3v) is 4.80. The Morgan fingerprint density at radius 3 is 2.57 bits per heavy atom. The maximum absolute atomic E-state index is 12.8. The van der Waals surface area contributed by atoms with Crippen molar-refractivity contribution in [2.45, 2.75) is 12.6 Å². The summed E-state index contributed by atoms with van der Waals surface area (Å²) in [7, 11) is 0. The van der Waals surface area contributed by atoms with Crippen molar-refractivity contribution < 1.29 is 27.4 Å². The van der Waals surface area contributed by atoms with Gasteiger partial charge in [-0.15, -0.1) is 0 Å². The summed E-state index contributed by atoms with van der Waals surface area (Å²) in [6.45, 7) is 2.27. The van der Waals surface area contributed by atoms with Gasteiger partial charge < -0.3 is 19.3 Å². The summed E-state index contributed by atoms with van der Waals surface area (Å²) in [5, 5.41) is 0. The third kappa shape index (κ3) is 3.69. The number of nitrogens with zero attached hydrogens (tertiary/aromatic N) is 3. The predicted molar refractivity (Wildman–Crippen MR) is 94.5 cm³/mol. The number of halogens is 3. The summed E-state index contributed by atoms with van der Waals surface area (Å²) < 4.78 is 48.7. The predicted octanol–water partition coefficient (Wildman–Crippen LogP) is 3.18. The summed E-state index contributed by atoms with van der Waals surface area (Å²) in [5.74, 6) is 1.54. The van der Waals surface area contributed by atoms with Crippen LogP contribution in [0, 0.1) is 0 Å². The van der Waals surface area contributed by atoms with Crippen LogP contribution >= 0.6 is 0 Å². The van der Waals surface area contributed by atoms with Gasteiger partial charge in [-0.3, -0.25) is 4.79 Å². The minimum atomic E-state index is -4.40. The van der Waals surface area contributed by atoms with Crippen LogP contribution in [-0.4, -0.2) is 48.8 Å². The molecular weight excluding hydrogens is 375 g/mol. The largest absolute Gasteiger partial charge is 0.454 e. The Morgan fingerprint density at radius 1 is 1.00 bits per heavy atom. The lowest BCUT2D eigenvalue weighted by Crippen LogP contribution is -2.35. The van der Waals surface area contributed by atoms with E-state index in [1.54, 1.807) is 23.1 Å². The number of pyridine rings is 1. The number of hydrogen-bond acceptors (Lipinski definition) is 5. The molecule has 2 aliphatic rings. The molecule has 0 radical (unpaired) electrons. The van der Waals surface area contributed by atoms with Crippen molar-refractivity contribution in [3.8, 4) is 11.5 Å². The Balaban J connectivity index is 1.43. The van der Waals surface area contributed by atoms with Gasteiger partial charge in [0.2, 0.25) is 6.79 Å². The monoisotopic (exact) mass is 393 g/mol. The first-order valence-electron chi connectivity index (χ1n) is 8.89. The fourth-order valence-corrected chi connectivity index (χ4v) is 3.30. The third-order valence-electron chi connectivity index (χ3n) is 4.80. The molecule has 0 unspecified atom stereocenters. The Morgan fingerprint density at radius 2 is 1.82 bits per heavy atom. The molecule has 4 rings (SSSR count). The van der Waals surface area contributed by atoms with Gasteiger partial charge in [0.15, 0.2) is 11.5 Å². The van der Waals surface area contributed by atoms with Crippen LogP contribution in [-0.2, 0) is 6.18 Å². The smallest absolute Gasteiger partial charge is 0.417 e. The van der Waals surface area contributed by atoms with E-state index in [0.717, 1.165) is 12.3 Å². The molecule has 0 saturated carbocycles. The zero-order chi connectivity index (χ0) is 19.7. The SMILES string of the molecule is O=C(c1ccc2c(c1)OCO2)N1CCCN(c2ccc(C(F)(F)F)cn2)CC1. The highest BCUT2D eigenvalue weighted by Crippen LogP contribution is 2.33. The van der Waals surface area contributed by atoms with E-state index in [1.165, 1.54) is 6.07 Å². The topological polar surface area (TPSA) is 54.9 Å². The van der Waals surface area contributed by atoms with Crippen LogP contribution in [0.2, 0.25) is 0 Å². The molecule has 3 heterocycles. The molecule has 1 saturated heterocycles. The number of hydrogen-bond donors (Lipinski definition) is 0. The quantitative estimate of drug-likeness (QED) is 0.785. The Hall–Kier alpha value is -2.97. The summed E-state index contributed by atoms with van der Waals surface area (Å²) >= 11 is 0. The van der Waals surface area contributed by atoms with Crippen LogP contribution in [0.1, 0.15) is 22.3 Å². The first-order valence-corrected chi connectivity index (χ1v) is 8.89. The molecule has 1 aromatic carbocycles. The van der Waals surface area contributed by atoms with Gasteiger partial charge in [-0.25, -0.2) is 4.98 Å². The molecule has 0 N–H and O–H groups in total. The number of carbonyl (C=O) groups is 1. The molecule has 28 heavy (non-hydrogen) atoms. The second-order valence-corrected chi connectivity index (χ2v) is 6.60. The molecule has 2 aliphatic heterocycles. The van der Waals surface area contributed by atoms with E-state index < -0.39 is 11.7 Å². The van der Waals surface area contributed by atoms with Crippen LogP contribution < -0.4 is 14.4 Å². The number of rotatable bonds is 2. The van der Waals surface area contributed by atoms with Crippen LogP contribution in [0.25, 0.3) is 0 Å². The van der Waals surface area contributed by atoms with Crippen molar-refractivity contribution in [3.05, 3.63) is 47.7 Å². The molecule has 0 aliphatic carbocycles. The maximum Gasteiger partial charge on any atom is 0.417 e. The van der Waals surface area contributed by atoms with Gasteiger partial charge in [0.1, 0.15) is 5.82 Å². The molecule has 1 aromatic heterocycles. The van der Waals surface area contributed by atoms with Crippen LogP contribution in [0.5, 0.6) is 11.5 Å². The van der Waals surface area contributed by atoms with Gasteiger partial charge >= 0.3 is 6.18 Å². The molecule has 2 aromatic rings. The maximum atomic E-state index is 12.8. The molecular formula is C19H18F3N3O3. The Kier molecular flexibility index (Phi) is 4.74. The van der Waals surface area contributed by atoms with E-state index in [0.29, 0.717) is 55.5 Å². The van der Waals surface area contributed by atoms with E-state index >= 15 is 0 Å². The Labute approximate surface area is 159 Å². The first kappa shape index (κ1) is 18.4. The fraction of sp³-hybridized carbons (Fsp3) is 0.368. The fourth-order valence-electron chi connectivity index (χ4n) is 3.30. The van der Waals surface area contributed by atoms with Crippen molar-refractivity contribution >= 4 is 11.7 Å². The van der Waals surface area contributed by atoms with E-state index in [-0.39, 0.29) is 12.7 Å². The minimum Gasteiger partial charge on any atom is -0.454 e. The highest BCUT2D eigenvalue weighted by Gasteiger charge is 2.31. The summed E-state index contributed by atoms with van der Waals surface area (Å²) in [6.07, 6.45) is -2.87. The van der Waals surface area contributed by atoms with Crippen molar-refractivity contribution in [2.24, 2.45) is 0 Å². The normalized spacial score (nSPS) is 16.8. The van der Waals surface area contributed by atoms with Crippen molar-refractivity contribution in [3.63, 3.8) is 0 Å². The van der Waals surface area contributed by atoms with Crippen LogP contribution in [0.15, 0.2) is 36.5 Å². The van der Waals surface area contributed by atoms with Crippen LogP contribution in [0.4, 0.5) is 19.0 Å². The second-order valence-electron chi connectivity index (χ2n) is 6.60. The standard InChI is InChI=1S/C19H18F3N3O3/c20-19(21,22)14-3-5-17(23-11-14)24-6-1-7-25(9-8-24)18(26)13-2-4-15-16(10-13)28-12-27-15/h2-5,10-11H,1,6-9,12H2. The molecule has 9 heteroatoms. The van der Waals surface area contributed by atoms with Gasteiger partial charge in [-0.05, 0) is 36.8 Å². The van der Waals surface area contributed by atoms with Gasteiger partial charge in [-0.2, -0.15) is 13.2 Å². The molecule has 6 nitrogen and oxygen atoms in total. The zero-order valence-electron chi connectivity index (χ0n) is 14.9. The highest BCUT2D eigenvalue weighted by atomic mass is 19.4. The molecule has 0 atom stereocenters. The van der Waals surface area contributed by atoms with Gasteiger partial charge in [0.25, 0.3) is 5.91 Å². The van der Waals surface area contributed by atoms with Gasteiger partial charge in [0.05, 0.1) is 5.56 Å². The number of alkyl halides is 3. The summed E-state index contributed by atoms with van der Waals surface area (Å²) in [4.78, 5) is 20.4. The molecule has 0 bridgehead atoms. The van der Waals surface area contributed by atoms with Crippen LogP contribution in [0.3, 0.4) is 0 Å². The highest BCUT2D eigenvalue weighted by molar-refractivity contribution is 5.95. The van der Waals surface area contributed by atoms with E-state index in [1.807, 2.05) is 4.90 Å². The summed E-state index contributed by atoms with van der Waals surface area (Å²) in [5.41, 5.74) is -0.254. The van der Waals surface area contributed by atoms with E-state index in [2.05, 4.69) is 4.98 Å². The van der Waals surface area contributed by atoms with Gasteiger partial charge in [-0.1, -0.05) is 0 Å². The number of anilines is 1. The number of ether oxygens (including phenoxy) is 2. The lowest BCUT2D eigenvalue weighted by Gasteiger charge is -2.23. The van der Waals surface area contributed by atoms with Crippen molar-refractivity contribution in [1.82, 2.24) is 9.88 Å². The lowest BCUT2D eigenvalue weighted by molar-refractivity contribution is -0.137. The first-order chi connectivity index (χ1) is 13.4. The summed E-state index contributed by atoms with van der Waals surface area (Å²) in [6, 6.07) is 7.49. The second kappa shape index (κ2) is 7.21. The Bertz CT molecular complexity index is 871. The number of aromatic nitrogens is 1. The number of carbonyl (C=O) groups excluding carboxylic acids is 1. The zero-order valence-corrected chi connectivity index (χ0v) is 14.9. The van der Waals surface area contributed by atoms with E-state index in [4.69, 9.17) is 9.47 Å². The lowest BCUT2D eigenvalue weighted by atomic mass is 10.1. The van der Waals surface area contributed by atoms with E-state index in [9.17, 15) is 18.0 Å². The average Bonchev–Trinajstić information content (AvgIpc) is 3.01. The van der Waals surface area contributed by atoms with Crippen molar-refractivity contribution in [1.29, 1.82) is 0 Å².